The fourth-order valence-electron chi connectivity index (χ4n) is 11.1. The Hall–Kier alpha value is -8.64. The number of hydrogen-bond donors (Lipinski definition) is 7. The fourth-order valence-corrected chi connectivity index (χ4v) is 12.0. The number of ether oxygens (including phenoxy) is 3. The summed E-state index contributed by atoms with van der Waals surface area (Å²) in [5, 5.41) is 45.5. The quantitative estimate of drug-likeness (QED) is 0.0276. The number of anilines is 2. The highest BCUT2D eigenvalue weighted by Gasteiger charge is 2.59. The summed E-state index contributed by atoms with van der Waals surface area (Å²) in [5.74, 6) is -2.29. The molecule has 28 heteroatoms. The van der Waals surface area contributed by atoms with Gasteiger partial charge in [0.1, 0.15) is 53.0 Å². The van der Waals surface area contributed by atoms with E-state index in [1.54, 1.807) is 79.7 Å². The van der Waals surface area contributed by atoms with Crippen LogP contribution in [-0.4, -0.2) is 124 Å². The lowest BCUT2D eigenvalue weighted by Crippen LogP contribution is -2.50. The first-order chi connectivity index (χ1) is 45.3. The summed E-state index contributed by atoms with van der Waals surface area (Å²) in [4.78, 5) is 58.8. The van der Waals surface area contributed by atoms with E-state index in [1.807, 2.05) is 0 Å². The van der Waals surface area contributed by atoms with E-state index in [0.717, 1.165) is 36.4 Å². The van der Waals surface area contributed by atoms with Crippen molar-refractivity contribution >= 4 is 61.8 Å². The number of aromatic nitrogens is 4. The molecule has 6 heterocycles. The zero-order valence-corrected chi connectivity index (χ0v) is 54.8. The largest absolute Gasteiger partial charge is 0.489 e. The van der Waals surface area contributed by atoms with Crippen molar-refractivity contribution < 1.29 is 88.4 Å². The number of halogens is 8. The molecule has 5 atom stereocenters. The number of aliphatic hydroxyl groups excluding tert-OH is 2. The number of rotatable bonds is 20. The smallest absolute Gasteiger partial charge is 0.422 e. The average Bonchev–Trinajstić information content (AvgIpc) is 1.63. The zero-order chi connectivity index (χ0) is 71.0. The lowest BCUT2D eigenvalue weighted by Gasteiger charge is -2.33. The first-order valence-electron chi connectivity index (χ1n) is 30.6. The number of Topliss-reactive ketones (excluding diaryl/α,β-unsaturated/α-hetero) is 2. The van der Waals surface area contributed by atoms with Gasteiger partial charge in [0, 0.05) is 75.9 Å². The van der Waals surface area contributed by atoms with E-state index in [2.05, 4.69) is 30.0 Å². The lowest BCUT2D eigenvalue weighted by molar-refractivity contribution is -0.270. The van der Waals surface area contributed by atoms with Crippen LogP contribution in [0.25, 0.3) is 44.3 Å². The Morgan fingerprint density at radius 2 is 1.10 bits per heavy atom. The van der Waals surface area contributed by atoms with E-state index in [-0.39, 0.29) is 90.3 Å². The summed E-state index contributed by atoms with van der Waals surface area (Å²) in [6, 6.07) is 24.0. The van der Waals surface area contributed by atoms with Crippen molar-refractivity contribution in [2.75, 3.05) is 49.7 Å². The zero-order valence-electron chi connectivity index (χ0n) is 54.0. The van der Waals surface area contributed by atoms with Gasteiger partial charge in [-0.15, -0.1) is 0 Å². The number of nitrogens with one attached hydrogen (secondary N) is 2. The number of nitrogens with two attached hydrogens (primary N) is 1. The van der Waals surface area contributed by atoms with Crippen LogP contribution in [0, 0.1) is 11.6 Å². The van der Waals surface area contributed by atoms with E-state index in [1.165, 1.54) is 65.8 Å². The summed E-state index contributed by atoms with van der Waals surface area (Å²) in [6.45, 7) is 12.3. The Morgan fingerprint density at radius 3 is 1.54 bits per heavy atom. The Labute approximate surface area is 555 Å². The van der Waals surface area contributed by atoms with Crippen LogP contribution in [0.4, 0.5) is 51.3 Å². The molecule has 0 spiro atoms. The van der Waals surface area contributed by atoms with E-state index in [4.69, 9.17) is 25.1 Å². The summed E-state index contributed by atoms with van der Waals surface area (Å²) in [6.07, 6.45) is -12.2. The number of fused-ring (bicyclic) bond motifs is 4. The van der Waals surface area contributed by atoms with Crippen LogP contribution >= 0.6 is 0 Å². The van der Waals surface area contributed by atoms with Crippen molar-refractivity contribution in [2.45, 2.75) is 126 Å². The van der Waals surface area contributed by atoms with Gasteiger partial charge in [-0.1, -0.05) is 12.1 Å². The molecule has 8 aromatic rings. The highest BCUT2D eigenvalue weighted by Crippen LogP contribution is 2.51. The highest BCUT2D eigenvalue weighted by atomic mass is 32.2. The molecule has 4 aromatic carbocycles. The van der Waals surface area contributed by atoms with E-state index in [9.17, 15) is 55.9 Å². The van der Waals surface area contributed by atoms with E-state index < -0.39 is 122 Å². The molecule has 4 aromatic heterocycles. The van der Waals surface area contributed by atoms with Crippen molar-refractivity contribution in [3.63, 3.8) is 0 Å². The predicted octanol–water partition coefficient (Wildman–Crippen LogP) is 12.1. The minimum absolute atomic E-state index is 0.00583. The Kier molecular flexibility index (Phi) is 20.7. The molecule has 19 nitrogen and oxygen atoms in total. The maximum Gasteiger partial charge on any atom is 0.422 e. The molecule has 0 bridgehead atoms. The average molecular weight is 1370 g/mol. The van der Waals surface area contributed by atoms with Crippen LogP contribution < -0.4 is 30.1 Å². The van der Waals surface area contributed by atoms with Gasteiger partial charge in [0.2, 0.25) is 11.2 Å². The molecule has 1 amide bonds. The van der Waals surface area contributed by atoms with Crippen molar-refractivity contribution in [2.24, 2.45) is 5.73 Å². The third kappa shape index (κ3) is 15.5. The van der Waals surface area contributed by atoms with Crippen LogP contribution in [0.5, 0.6) is 11.5 Å². The molecule has 1 unspecified atom stereocenters. The predicted molar refractivity (Wildman–Crippen MR) is 347 cm³/mol. The van der Waals surface area contributed by atoms with Crippen molar-refractivity contribution in [1.82, 2.24) is 24.7 Å². The standard InChI is InChI=1S/C39H44F4N4O7S.C30H28F4N4O4/c1-35(2,3)54-34(50)47-22-37(7,46-55(52)36(4,5)6)27-21-30(45-32(33(27)47)23-10-12-26(40)13-11-23)38(51,39(41,42)43)15-14-28(49)25-19-24-9-8-16-44-31(24)29(20-25)53-18-17-48;1-28(35)16-37-27-21(28)15-24(38-26(27)17-4-6-20(31)7-5-17)29(41,30(32,33)34)9-8-22(40)19-13-18-3-2-10-36-25(18)23(14-19)42-12-11-39/h8-13,16,19-21,46,48,51H,14-15,17-18,22H2,1-7H3;2-7,10,13-15,37,39,41H,8-9,11-12,16,35H2,1H3/t37-,38-,55?;28-,29-/m11/s1. The van der Waals surface area contributed by atoms with Gasteiger partial charge in [0.05, 0.1) is 80.7 Å². The molecule has 0 radical (unpaired) electrons. The Morgan fingerprint density at radius 1 is 0.660 bits per heavy atom. The minimum atomic E-state index is -5.39. The van der Waals surface area contributed by atoms with Crippen molar-refractivity contribution in [1.29, 1.82) is 0 Å². The fraction of sp³-hybridized carbons (Fsp3) is 0.377. The number of hydrogen-bond acceptors (Lipinski definition) is 17. The van der Waals surface area contributed by atoms with Gasteiger partial charge >= 0.3 is 18.4 Å². The van der Waals surface area contributed by atoms with Crippen LogP contribution in [0.2, 0.25) is 0 Å². The third-order valence-electron chi connectivity index (χ3n) is 16.2. The second-order valence-electron chi connectivity index (χ2n) is 26.0. The Balaban J connectivity index is 0.000000235. The normalized spacial score (nSPS) is 17.8. The topological polar surface area (TPSA) is 282 Å². The van der Waals surface area contributed by atoms with Crippen LogP contribution in [-0.2, 0) is 38.0 Å². The van der Waals surface area contributed by atoms with Gasteiger partial charge in [-0.3, -0.25) is 24.5 Å². The maximum atomic E-state index is 15.3. The number of nitrogens with zero attached hydrogens (tertiary/aromatic N) is 5. The number of benzene rings is 4. The van der Waals surface area contributed by atoms with Crippen molar-refractivity contribution in [3.05, 3.63) is 167 Å². The van der Waals surface area contributed by atoms with Gasteiger partial charge in [0.25, 0.3) is 0 Å². The maximum absolute atomic E-state index is 15.3. The Bertz CT molecular complexity index is 4300. The lowest BCUT2D eigenvalue weighted by atomic mass is 9.86. The molecule has 2 aliphatic heterocycles. The number of aliphatic hydroxyl groups is 4. The number of ketones is 2. The molecule has 0 aliphatic carbocycles. The molecular weight excluding hydrogens is 1300 g/mol. The van der Waals surface area contributed by atoms with Gasteiger partial charge in [-0.25, -0.2) is 32.5 Å². The van der Waals surface area contributed by atoms with Gasteiger partial charge in [-0.05, 0) is 165 Å². The van der Waals surface area contributed by atoms with Crippen LogP contribution in [0.1, 0.15) is 124 Å². The number of amides is 1. The van der Waals surface area contributed by atoms with Crippen LogP contribution in [0.15, 0.2) is 122 Å². The molecule has 97 heavy (non-hydrogen) atoms. The summed E-state index contributed by atoms with van der Waals surface area (Å²) in [7, 11) is -1.82. The molecule has 8 N–H and O–H groups in total. The monoisotopic (exact) mass is 1370 g/mol. The third-order valence-corrected chi connectivity index (χ3v) is 18.0. The van der Waals surface area contributed by atoms with Gasteiger partial charge in [0.15, 0.2) is 11.6 Å². The first-order valence-corrected chi connectivity index (χ1v) is 31.7. The molecule has 516 valence electrons. The first kappa shape index (κ1) is 72.6. The number of pyridine rings is 4. The second-order valence-corrected chi connectivity index (χ2v) is 28.0. The minimum Gasteiger partial charge on any atom is -0.489 e. The highest BCUT2D eigenvalue weighted by molar-refractivity contribution is 7.84. The summed E-state index contributed by atoms with van der Waals surface area (Å²) in [5.41, 5.74) is -4.24. The van der Waals surface area contributed by atoms with Crippen LogP contribution in [0.3, 0.4) is 0 Å². The molecule has 0 fully saturated rings. The summed E-state index contributed by atoms with van der Waals surface area (Å²) >= 11 is 0. The number of alkyl halides is 6. The van der Waals surface area contributed by atoms with Gasteiger partial charge < -0.3 is 45.7 Å². The molecule has 0 saturated carbocycles. The van der Waals surface area contributed by atoms with Crippen molar-refractivity contribution in [3.8, 4) is 34.0 Å². The molecule has 0 saturated heterocycles. The molecule has 2 aliphatic rings. The van der Waals surface area contributed by atoms with Gasteiger partial charge in [-0.2, -0.15) is 26.3 Å². The SMILES string of the molecule is CC(C)(C)OC(=O)N1C[C@@](C)(NS(=O)C(C)(C)C)c2cc([C@](O)(CCC(=O)c3cc(OCCO)c4ncccc4c3)C(F)(F)F)nc(-c3ccc(F)cc3)c21.C[C@@]1(N)CNc2c1cc([C@](O)(CCC(=O)c1cc(OCCO)c3ncccc3c1)C(F)(F)F)nc2-c1ccc(F)cc1. The molecular formula is C69H72F8N8O11S. The second kappa shape index (κ2) is 27.7. The number of carbonyl (C=O) groups is 3. The summed E-state index contributed by atoms with van der Waals surface area (Å²) < 4.78 is 150. The molecule has 10 rings (SSSR count). The van der Waals surface area contributed by atoms with E-state index in [0.29, 0.717) is 38.6 Å². The van der Waals surface area contributed by atoms with E-state index >= 15 is 13.2 Å². The number of carbonyl (C=O) groups excluding carboxylic acids is 3.